The molecule has 0 radical (unpaired) electrons. The number of fused-ring (bicyclic) bond motifs is 2. The number of amides is 3. The minimum atomic E-state index is -1.26. The molecule has 0 saturated carbocycles. The number of carboxylic acid groups (broad SMARTS) is 2. The summed E-state index contributed by atoms with van der Waals surface area (Å²) in [5.41, 5.74) is 0.203. The summed E-state index contributed by atoms with van der Waals surface area (Å²) in [6.45, 7) is 0.761. The number of ether oxygens (including phenoxy) is 2. The van der Waals surface area contributed by atoms with Gasteiger partial charge in [-0.25, -0.2) is 9.59 Å². The van der Waals surface area contributed by atoms with Crippen molar-refractivity contribution in [3.63, 3.8) is 0 Å². The van der Waals surface area contributed by atoms with Crippen molar-refractivity contribution >= 4 is 58.7 Å². The Morgan fingerprint density at radius 3 is 2.58 bits per heavy atom. The van der Waals surface area contributed by atoms with Crippen molar-refractivity contribution < 1.29 is 53.6 Å². The van der Waals surface area contributed by atoms with Gasteiger partial charge in [0.25, 0.3) is 5.91 Å². The van der Waals surface area contributed by atoms with Crippen LogP contribution in [0.4, 0.5) is 0 Å². The first kappa shape index (κ1) is 29.1. The van der Waals surface area contributed by atoms with E-state index in [4.69, 9.17) is 19.7 Å². The van der Waals surface area contributed by atoms with Crippen LogP contribution in [-0.2, 0) is 44.7 Å². The monoisotopic (exact) mass is 595 g/mol. The highest BCUT2D eigenvalue weighted by molar-refractivity contribution is 8.00. The van der Waals surface area contributed by atoms with Gasteiger partial charge in [-0.05, 0) is 17.5 Å². The van der Waals surface area contributed by atoms with E-state index in [0.29, 0.717) is 11.3 Å². The molecule has 4 atom stereocenters. The highest BCUT2D eigenvalue weighted by Crippen LogP contribution is 2.40. The van der Waals surface area contributed by atoms with Crippen LogP contribution in [0.3, 0.4) is 0 Å². The maximum absolute atomic E-state index is 12.4. The smallest absolute Gasteiger partial charge is 0.352 e. The molecule has 3 saturated heterocycles. The van der Waals surface area contributed by atoms with Crippen LogP contribution in [0.5, 0.6) is 0 Å². The van der Waals surface area contributed by atoms with Crippen molar-refractivity contribution in [2.75, 3.05) is 19.0 Å². The zero-order valence-electron chi connectivity index (χ0n) is 21.0. The second-order valence-corrected chi connectivity index (χ2v) is 11.0. The van der Waals surface area contributed by atoms with Crippen LogP contribution in [0, 0.1) is 0 Å². The van der Waals surface area contributed by atoms with Crippen molar-refractivity contribution in [3.05, 3.63) is 45.5 Å². The molecule has 5 heterocycles. The number of carboxylic acids is 2. The van der Waals surface area contributed by atoms with E-state index in [1.165, 1.54) is 41.0 Å². The van der Waals surface area contributed by atoms with E-state index in [1.54, 1.807) is 0 Å². The maximum Gasteiger partial charge on any atom is 0.352 e. The Labute approximate surface area is 235 Å². The van der Waals surface area contributed by atoms with Crippen LogP contribution in [0.2, 0.25) is 0 Å². The van der Waals surface area contributed by atoms with E-state index in [-0.39, 0.29) is 49.3 Å². The number of aliphatic hydroxyl groups excluding tert-OH is 1. The normalized spacial score (nSPS) is 25.5. The van der Waals surface area contributed by atoms with Crippen molar-refractivity contribution in [2.45, 2.75) is 43.5 Å². The molecule has 14 nitrogen and oxygen atoms in total. The summed E-state index contributed by atoms with van der Waals surface area (Å²) in [5.74, 6) is -3.45. The van der Waals surface area contributed by atoms with Gasteiger partial charge in [-0.2, -0.15) is 0 Å². The van der Waals surface area contributed by atoms with E-state index in [1.807, 2.05) is 17.5 Å². The van der Waals surface area contributed by atoms with Crippen LogP contribution >= 0.6 is 23.1 Å². The summed E-state index contributed by atoms with van der Waals surface area (Å²) < 4.78 is 10.0. The third-order valence-corrected chi connectivity index (χ3v) is 8.44. The van der Waals surface area contributed by atoms with Crippen LogP contribution in [0.1, 0.15) is 18.2 Å². The lowest BCUT2D eigenvalue weighted by Crippen LogP contribution is -2.70. The van der Waals surface area contributed by atoms with E-state index in [9.17, 15) is 33.9 Å². The number of esters is 1. The first-order valence-electron chi connectivity index (χ1n) is 11.9. The number of aliphatic hydroxyl groups is 1. The predicted molar refractivity (Wildman–Crippen MR) is 137 cm³/mol. The Bertz CT molecular complexity index is 1290. The fourth-order valence-electron chi connectivity index (χ4n) is 4.44. The van der Waals surface area contributed by atoms with Gasteiger partial charge < -0.3 is 30.1 Å². The summed E-state index contributed by atoms with van der Waals surface area (Å²) in [7, 11) is 0. The number of nitrogens with one attached hydrogen (secondary N) is 1. The molecule has 5 rings (SSSR count). The molecule has 214 valence electrons. The number of carbonyl (C=O) groups is 6. The van der Waals surface area contributed by atoms with Crippen molar-refractivity contribution in [1.82, 2.24) is 15.1 Å². The molecule has 40 heavy (non-hydrogen) atoms. The molecule has 0 aliphatic carbocycles. The number of thiophene rings is 1. The Morgan fingerprint density at radius 1 is 1.25 bits per heavy atom. The first-order chi connectivity index (χ1) is 19.0. The molecule has 0 spiro atoms. The Balaban J connectivity index is 0.000000222. The van der Waals surface area contributed by atoms with E-state index in [0.717, 1.165) is 9.78 Å². The van der Waals surface area contributed by atoms with Gasteiger partial charge in [0.05, 0.1) is 19.4 Å². The quantitative estimate of drug-likeness (QED) is 0.222. The van der Waals surface area contributed by atoms with Gasteiger partial charge in [0, 0.05) is 23.1 Å². The average molecular weight is 596 g/mol. The molecular weight excluding hydrogens is 570 g/mol. The molecule has 16 heteroatoms. The van der Waals surface area contributed by atoms with Gasteiger partial charge in [-0.3, -0.25) is 29.0 Å². The fraction of sp³-hybridized carbons (Fsp3) is 0.417. The summed E-state index contributed by atoms with van der Waals surface area (Å²) in [6, 6.07) is 1.86. The lowest BCUT2D eigenvalue weighted by molar-refractivity contribution is -0.163. The molecule has 1 aromatic heterocycles. The second kappa shape index (κ2) is 12.1. The summed E-state index contributed by atoms with van der Waals surface area (Å²) in [4.78, 5) is 72.2. The van der Waals surface area contributed by atoms with E-state index < -0.39 is 47.5 Å². The minimum Gasteiger partial charge on any atom is -0.479 e. The number of β-lactam (4-membered cyclic amide) rings is 2. The Kier molecular flexibility index (Phi) is 8.80. The lowest BCUT2D eigenvalue weighted by atomic mass is 10.0. The molecule has 0 bridgehead atoms. The van der Waals surface area contributed by atoms with Crippen LogP contribution in [0.25, 0.3) is 0 Å². The zero-order valence-corrected chi connectivity index (χ0v) is 22.6. The molecular formula is C24H25N3O11S2. The predicted octanol–water partition coefficient (Wildman–Crippen LogP) is -0.503. The van der Waals surface area contributed by atoms with Crippen molar-refractivity contribution in [3.8, 4) is 0 Å². The number of rotatable bonds is 8. The van der Waals surface area contributed by atoms with Crippen LogP contribution in [0.15, 0.2) is 40.6 Å². The highest BCUT2D eigenvalue weighted by Gasteiger charge is 2.55. The number of hydrogen-bond donors (Lipinski definition) is 4. The first-order valence-corrected chi connectivity index (χ1v) is 13.8. The van der Waals surface area contributed by atoms with Gasteiger partial charge in [0.1, 0.15) is 29.5 Å². The summed E-state index contributed by atoms with van der Waals surface area (Å²) in [6.07, 6.45) is 1.20. The molecule has 4 aliphatic heterocycles. The molecule has 4 aliphatic rings. The molecule has 0 aromatic carbocycles. The van der Waals surface area contributed by atoms with E-state index in [2.05, 4.69) is 5.32 Å². The number of hydrogen-bond acceptors (Lipinski definition) is 11. The standard InChI is InChI=1S/C16H16N2O6S2.C8H9NO5/c1-8(19)24-6-9-7-26-15-12(14(21)18(15)13(9)16(22)23)17-11(20)5-10-3-2-4-25-10;10-2-1-4-7(8(12)13)9-5(11)3-6(9)14-4/h2-4,12,15H,5-7H2,1H3,(H,17,20)(H,22,23);1,6-7,10H,2-3H2,(H,12,13)/b;4-1-/t12-,15-;6-,7-/m11/s1. The SMILES string of the molecule is CC(=O)OCC1=C(C(=O)O)N2C(=O)[C@@H](NC(=O)Cc3cccs3)[C@H]2SC1.O=C(O)[C@H]1/C(=C/CO)O[C@@H]2CC(=O)N21. The van der Waals surface area contributed by atoms with Gasteiger partial charge in [0.15, 0.2) is 12.3 Å². The van der Waals surface area contributed by atoms with Crippen molar-refractivity contribution in [2.24, 2.45) is 0 Å². The van der Waals surface area contributed by atoms with Gasteiger partial charge >= 0.3 is 17.9 Å². The topological polar surface area (TPSA) is 200 Å². The number of thioether (sulfide) groups is 1. The van der Waals surface area contributed by atoms with Crippen LogP contribution in [-0.4, -0.2) is 103 Å². The summed E-state index contributed by atoms with van der Waals surface area (Å²) >= 11 is 2.79. The number of nitrogens with zero attached hydrogens (tertiary/aromatic N) is 2. The largest absolute Gasteiger partial charge is 0.479 e. The second-order valence-electron chi connectivity index (χ2n) is 8.86. The van der Waals surface area contributed by atoms with E-state index >= 15 is 0 Å². The molecule has 3 amide bonds. The minimum absolute atomic E-state index is 0.149. The zero-order chi connectivity index (χ0) is 29.1. The molecule has 0 unspecified atom stereocenters. The molecule has 3 fully saturated rings. The number of carbonyl (C=O) groups excluding carboxylic acids is 4. The van der Waals surface area contributed by atoms with Gasteiger partial charge in [-0.1, -0.05) is 6.07 Å². The third kappa shape index (κ3) is 5.83. The Morgan fingerprint density at radius 2 is 2.00 bits per heavy atom. The average Bonchev–Trinajstić information content (AvgIpc) is 3.51. The third-order valence-electron chi connectivity index (χ3n) is 6.22. The number of aliphatic carboxylic acids is 2. The maximum atomic E-state index is 12.4. The lowest BCUT2D eigenvalue weighted by Gasteiger charge is -2.49. The Hall–Kier alpha value is -3.89. The molecule has 4 N–H and O–H groups in total. The van der Waals surface area contributed by atoms with Crippen molar-refractivity contribution in [1.29, 1.82) is 0 Å². The van der Waals surface area contributed by atoms with Gasteiger partial charge in [0.2, 0.25) is 11.8 Å². The van der Waals surface area contributed by atoms with Crippen LogP contribution < -0.4 is 5.32 Å². The molecule has 1 aromatic rings. The highest BCUT2D eigenvalue weighted by atomic mass is 32.2. The van der Waals surface area contributed by atoms with Gasteiger partial charge in [-0.15, -0.1) is 23.1 Å². The fourth-order valence-corrected chi connectivity index (χ4v) is 6.47. The summed E-state index contributed by atoms with van der Waals surface area (Å²) in [5, 5.41) is 31.0.